The summed E-state index contributed by atoms with van der Waals surface area (Å²) >= 11 is 1.41. The maximum atomic E-state index is 12.5. The second-order valence-corrected chi connectivity index (χ2v) is 7.17. The number of aromatic nitrogens is 1. The normalized spacial score (nSPS) is 21.0. The van der Waals surface area contributed by atoms with Gasteiger partial charge in [0.25, 0.3) is 5.91 Å². The van der Waals surface area contributed by atoms with Crippen LogP contribution in [0.2, 0.25) is 0 Å². The average molecular weight is 359 g/mol. The summed E-state index contributed by atoms with van der Waals surface area (Å²) in [5.41, 5.74) is 1.71. The van der Waals surface area contributed by atoms with Crippen LogP contribution in [0.5, 0.6) is 0 Å². The van der Waals surface area contributed by atoms with Gasteiger partial charge in [0.05, 0.1) is 5.51 Å². The molecule has 2 aliphatic heterocycles. The van der Waals surface area contributed by atoms with Crippen LogP contribution in [0.4, 0.5) is 0 Å². The van der Waals surface area contributed by atoms with Gasteiger partial charge in [-0.25, -0.2) is 4.98 Å². The van der Waals surface area contributed by atoms with Gasteiger partial charge in [-0.15, -0.1) is 23.7 Å². The molecule has 7 nitrogen and oxygen atoms in total. The summed E-state index contributed by atoms with van der Waals surface area (Å²) in [6.07, 6.45) is 7.63. The van der Waals surface area contributed by atoms with Gasteiger partial charge in [-0.2, -0.15) is 10.2 Å². The van der Waals surface area contributed by atoms with Crippen molar-refractivity contribution in [3.8, 4) is 12.3 Å². The van der Waals surface area contributed by atoms with Crippen molar-refractivity contribution in [3.05, 3.63) is 16.6 Å². The summed E-state index contributed by atoms with van der Waals surface area (Å²) < 4.78 is 0. The first-order valence-corrected chi connectivity index (χ1v) is 9.33. The molecule has 1 fully saturated rings. The molecule has 0 aromatic carbocycles. The predicted molar refractivity (Wildman–Crippen MR) is 94.1 cm³/mol. The van der Waals surface area contributed by atoms with Gasteiger partial charge in [0.2, 0.25) is 5.91 Å². The second-order valence-electron chi connectivity index (χ2n) is 6.45. The molecule has 0 N–H and O–H groups in total. The van der Waals surface area contributed by atoms with Crippen LogP contribution in [0.15, 0.2) is 21.1 Å². The summed E-state index contributed by atoms with van der Waals surface area (Å²) in [5, 5.41) is 9.89. The third-order valence-electron chi connectivity index (χ3n) is 4.68. The number of carbonyl (C=O) groups excluding carboxylic acids is 2. The van der Waals surface area contributed by atoms with Crippen LogP contribution in [0.25, 0.3) is 0 Å². The van der Waals surface area contributed by atoms with Gasteiger partial charge in [-0.3, -0.25) is 9.59 Å². The zero-order chi connectivity index (χ0) is 17.9. The van der Waals surface area contributed by atoms with Crippen molar-refractivity contribution in [1.82, 2.24) is 14.8 Å². The van der Waals surface area contributed by atoms with E-state index >= 15 is 0 Å². The Hall–Kier alpha value is -2.27. The summed E-state index contributed by atoms with van der Waals surface area (Å²) in [6, 6.07) is -0.0300. The average Bonchev–Trinajstić information content (AvgIpc) is 3.17. The van der Waals surface area contributed by atoms with E-state index in [0.717, 1.165) is 0 Å². The van der Waals surface area contributed by atoms with Crippen LogP contribution in [0.3, 0.4) is 0 Å². The molecule has 1 aromatic rings. The number of hydrogen-bond acceptors (Lipinski definition) is 6. The molecule has 0 aliphatic carbocycles. The zero-order valence-corrected chi connectivity index (χ0v) is 15.0. The van der Waals surface area contributed by atoms with Crippen molar-refractivity contribution in [2.45, 2.75) is 44.3 Å². The van der Waals surface area contributed by atoms with Crippen LogP contribution in [0, 0.1) is 12.3 Å². The van der Waals surface area contributed by atoms with E-state index in [1.54, 1.807) is 15.8 Å². The number of hydrogen-bond donors (Lipinski definition) is 0. The minimum Gasteiger partial charge on any atom is -0.339 e. The molecule has 0 radical (unpaired) electrons. The first kappa shape index (κ1) is 17.5. The Morgan fingerprint density at radius 3 is 2.80 bits per heavy atom. The van der Waals surface area contributed by atoms with Gasteiger partial charge in [-0.1, -0.05) is 0 Å². The highest BCUT2D eigenvalue weighted by Crippen LogP contribution is 2.37. The summed E-state index contributed by atoms with van der Waals surface area (Å²) in [4.78, 5) is 32.6. The Morgan fingerprint density at radius 2 is 2.20 bits per heavy atom. The van der Waals surface area contributed by atoms with Crippen molar-refractivity contribution in [2.24, 2.45) is 10.2 Å². The Balaban J connectivity index is 1.48. The van der Waals surface area contributed by atoms with E-state index in [1.807, 2.05) is 11.8 Å². The highest BCUT2D eigenvalue weighted by Gasteiger charge is 2.40. The molecule has 3 heterocycles. The summed E-state index contributed by atoms with van der Waals surface area (Å²) in [5.74, 6) is 2.61. The maximum absolute atomic E-state index is 12.5. The molecule has 0 spiro atoms. The SMILES string of the molecule is C#CCCC1(CCC(=O)N2CCN(C(=O)c3cscn3)[C@@H](C)C2)N=N1. The topological polar surface area (TPSA) is 78.2 Å². The quantitative estimate of drug-likeness (QED) is 0.730. The molecule has 2 aliphatic rings. The third kappa shape index (κ3) is 4.04. The lowest BCUT2D eigenvalue weighted by atomic mass is 10.0. The number of nitrogens with zero attached hydrogens (tertiary/aromatic N) is 5. The van der Waals surface area contributed by atoms with E-state index in [-0.39, 0.29) is 17.9 Å². The molecule has 0 unspecified atom stereocenters. The monoisotopic (exact) mass is 359 g/mol. The lowest BCUT2D eigenvalue weighted by Gasteiger charge is -2.39. The molecule has 0 bridgehead atoms. The summed E-state index contributed by atoms with van der Waals surface area (Å²) in [6.45, 7) is 3.58. The van der Waals surface area contributed by atoms with Crippen molar-refractivity contribution in [2.75, 3.05) is 19.6 Å². The molecular formula is C17H21N5O2S. The second kappa shape index (κ2) is 7.31. The first-order valence-electron chi connectivity index (χ1n) is 8.39. The van der Waals surface area contributed by atoms with E-state index in [0.29, 0.717) is 51.0 Å². The van der Waals surface area contributed by atoms with Gasteiger partial charge in [0.1, 0.15) is 5.69 Å². The Labute approximate surface area is 151 Å². The van der Waals surface area contributed by atoms with Crippen molar-refractivity contribution in [1.29, 1.82) is 0 Å². The first-order chi connectivity index (χ1) is 12.0. The lowest BCUT2D eigenvalue weighted by molar-refractivity contribution is -0.133. The predicted octanol–water partition coefficient (Wildman–Crippen LogP) is 2.17. The maximum Gasteiger partial charge on any atom is 0.273 e. The lowest BCUT2D eigenvalue weighted by Crippen LogP contribution is -2.55. The number of thiazole rings is 1. The molecule has 1 atom stereocenters. The third-order valence-corrected chi connectivity index (χ3v) is 5.27. The van der Waals surface area contributed by atoms with E-state index in [1.165, 1.54) is 11.3 Å². The number of carbonyl (C=O) groups is 2. The fraction of sp³-hybridized carbons (Fsp3) is 0.588. The van der Waals surface area contributed by atoms with E-state index < -0.39 is 5.66 Å². The zero-order valence-electron chi connectivity index (χ0n) is 14.2. The highest BCUT2D eigenvalue weighted by molar-refractivity contribution is 7.07. The van der Waals surface area contributed by atoms with E-state index in [4.69, 9.17) is 6.42 Å². The molecule has 1 aromatic heterocycles. The molecule has 1 saturated heterocycles. The number of amides is 2. The van der Waals surface area contributed by atoms with Crippen LogP contribution in [-0.2, 0) is 4.79 Å². The highest BCUT2D eigenvalue weighted by atomic mass is 32.1. The van der Waals surface area contributed by atoms with Crippen LogP contribution in [-0.4, -0.2) is 57.9 Å². The van der Waals surface area contributed by atoms with Crippen LogP contribution >= 0.6 is 11.3 Å². The number of terminal acetylenes is 1. The minimum absolute atomic E-state index is 0.0300. The fourth-order valence-electron chi connectivity index (χ4n) is 3.08. The smallest absolute Gasteiger partial charge is 0.273 e. The molecule has 3 rings (SSSR count). The largest absolute Gasteiger partial charge is 0.339 e. The molecule has 0 saturated carbocycles. The van der Waals surface area contributed by atoms with Gasteiger partial charge in [0.15, 0.2) is 5.66 Å². The Morgan fingerprint density at radius 1 is 1.40 bits per heavy atom. The standard InChI is InChI=1S/C17H21N5O2S/c1-3-4-6-17(19-20-17)7-5-15(23)21-8-9-22(13(2)10-21)16(24)14-11-25-12-18-14/h1,11-13H,4-10H2,2H3/t13-/m0/s1. The number of rotatable bonds is 6. The summed E-state index contributed by atoms with van der Waals surface area (Å²) in [7, 11) is 0. The van der Waals surface area contributed by atoms with Crippen LogP contribution in [0.1, 0.15) is 43.1 Å². The molecule has 25 heavy (non-hydrogen) atoms. The van der Waals surface area contributed by atoms with Gasteiger partial charge in [-0.05, 0) is 6.92 Å². The van der Waals surface area contributed by atoms with E-state index in [9.17, 15) is 9.59 Å². The van der Waals surface area contributed by atoms with Crippen molar-refractivity contribution >= 4 is 23.2 Å². The van der Waals surface area contributed by atoms with Gasteiger partial charge >= 0.3 is 0 Å². The molecule has 8 heteroatoms. The Bertz CT molecular complexity index is 703. The molecular weight excluding hydrogens is 338 g/mol. The Kier molecular flexibility index (Phi) is 5.13. The minimum atomic E-state index is -0.421. The van der Waals surface area contributed by atoms with E-state index in [2.05, 4.69) is 21.1 Å². The van der Waals surface area contributed by atoms with Gasteiger partial charge < -0.3 is 9.80 Å². The van der Waals surface area contributed by atoms with Crippen LogP contribution < -0.4 is 0 Å². The van der Waals surface area contributed by atoms with Crippen molar-refractivity contribution < 1.29 is 9.59 Å². The molecule has 2 amide bonds. The fourth-order valence-corrected chi connectivity index (χ4v) is 3.61. The number of piperazine rings is 1. The van der Waals surface area contributed by atoms with Gasteiger partial charge in [0, 0.05) is 56.7 Å². The molecule has 132 valence electrons. The van der Waals surface area contributed by atoms with Crippen molar-refractivity contribution in [3.63, 3.8) is 0 Å².